The second-order valence-electron chi connectivity index (χ2n) is 7.63. The standard InChI is InChI=1S/C21H20F6N4O3S/c22-20(23,24)19(32,21(25,26)27)15-3-6-17(7-4-15)30-10-12-31(13-11-30)35(33,34)18-8-5-16(29-14-18)2-1-9-28/h3-8,14,32H,2,10-13,28H2. The Hall–Kier alpha value is -3.02. The van der Waals surface area contributed by atoms with Crippen LogP contribution in [0, 0.1) is 12.0 Å². The molecule has 0 radical (unpaired) electrons. The molecule has 0 unspecified atom stereocenters. The summed E-state index contributed by atoms with van der Waals surface area (Å²) in [5.74, 6) is 2.61. The van der Waals surface area contributed by atoms with Gasteiger partial charge < -0.3 is 15.7 Å². The molecule has 14 heteroatoms. The summed E-state index contributed by atoms with van der Waals surface area (Å²) < 4.78 is 105. The average molecular weight is 522 g/mol. The highest BCUT2D eigenvalue weighted by molar-refractivity contribution is 7.89. The van der Waals surface area contributed by atoms with Crippen molar-refractivity contribution in [2.45, 2.75) is 29.3 Å². The molecule has 0 amide bonds. The number of aliphatic hydroxyl groups is 1. The van der Waals surface area contributed by atoms with E-state index in [0.717, 1.165) is 12.1 Å². The normalized spacial score (nSPS) is 16.0. The maximum atomic E-state index is 13.1. The molecule has 1 aliphatic rings. The average Bonchev–Trinajstić information content (AvgIpc) is 2.81. The Labute approximate surface area is 197 Å². The summed E-state index contributed by atoms with van der Waals surface area (Å²) in [5, 5.41) is 9.49. The number of rotatable bonds is 5. The molecular weight excluding hydrogens is 502 g/mol. The molecule has 1 aromatic carbocycles. The minimum absolute atomic E-state index is 0.0273. The zero-order chi connectivity index (χ0) is 26.1. The lowest BCUT2D eigenvalue weighted by Crippen LogP contribution is -2.54. The fourth-order valence-corrected chi connectivity index (χ4v) is 4.91. The summed E-state index contributed by atoms with van der Waals surface area (Å²) in [7, 11) is -3.86. The molecule has 0 saturated carbocycles. The van der Waals surface area contributed by atoms with Gasteiger partial charge in [0.2, 0.25) is 10.0 Å². The fourth-order valence-electron chi connectivity index (χ4n) is 3.55. The van der Waals surface area contributed by atoms with E-state index in [1.807, 2.05) is 0 Å². The van der Waals surface area contributed by atoms with E-state index in [0.29, 0.717) is 17.8 Å². The van der Waals surface area contributed by atoms with Gasteiger partial charge in [0.05, 0.1) is 12.1 Å². The maximum absolute atomic E-state index is 13.1. The van der Waals surface area contributed by atoms with Gasteiger partial charge >= 0.3 is 12.4 Å². The van der Waals surface area contributed by atoms with Crippen molar-refractivity contribution in [3.05, 3.63) is 53.9 Å². The van der Waals surface area contributed by atoms with Crippen LogP contribution in [0.5, 0.6) is 0 Å². The summed E-state index contributed by atoms with van der Waals surface area (Å²) in [5.41, 5.74) is -0.461. The van der Waals surface area contributed by atoms with Gasteiger partial charge in [-0.3, -0.25) is 4.98 Å². The van der Waals surface area contributed by atoms with Crippen LogP contribution in [0.25, 0.3) is 0 Å². The smallest absolute Gasteiger partial charge is 0.369 e. The quantitative estimate of drug-likeness (QED) is 0.356. The van der Waals surface area contributed by atoms with Crippen molar-refractivity contribution in [1.29, 1.82) is 0 Å². The van der Waals surface area contributed by atoms with Crippen LogP contribution >= 0.6 is 0 Å². The van der Waals surface area contributed by atoms with Crippen LogP contribution in [0.2, 0.25) is 0 Å². The van der Waals surface area contributed by atoms with E-state index >= 15 is 0 Å². The van der Waals surface area contributed by atoms with Crippen LogP contribution in [0.15, 0.2) is 47.5 Å². The van der Waals surface area contributed by atoms with Crippen LogP contribution in [0.1, 0.15) is 11.3 Å². The highest BCUT2D eigenvalue weighted by Crippen LogP contribution is 2.50. The second kappa shape index (κ2) is 9.56. The highest BCUT2D eigenvalue weighted by Gasteiger charge is 2.71. The molecule has 3 N–H and O–H groups in total. The summed E-state index contributed by atoms with van der Waals surface area (Å²) >= 11 is 0. The Morgan fingerprint density at radius 3 is 1.97 bits per heavy atom. The molecule has 35 heavy (non-hydrogen) atoms. The lowest BCUT2D eigenvalue weighted by atomic mass is 9.92. The van der Waals surface area contributed by atoms with Gasteiger partial charge in [-0.25, -0.2) is 8.42 Å². The predicted octanol–water partition coefficient (Wildman–Crippen LogP) is 2.37. The van der Waals surface area contributed by atoms with E-state index in [1.54, 1.807) is 4.90 Å². The number of halogens is 6. The first-order chi connectivity index (χ1) is 16.2. The zero-order valence-corrected chi connectivity index (χ0v) is 18.8. The first-order valence-electron chi connectivity index (χ1n) is 10.1. The lowest BCUT2D eigenvalue weighted by Gasteiger charge is -2.36. The number of nitrogens with zero attached hydrogens (tertiary/aromatic N) is 3. The third-order valence-corrected chi connectivity index (χ3v) is 7.40. The number of pyridine rings is 1. The minimum Gasteiger partial charge on any atom is -0.369 e. The van der Waals surface area contributed by atoms with Crippen LogP contribution in [-0.2, 0) is 22.0 Å². The van der Waals surface area contributed by atoms with Gasteiger partial charge in [-0.2, -0.15) is 30.6 Å². The number of hydrogen-bond acceptors (Lipinski definition) is 6. The predicted molar refractivity (Wildman–Crippen MR) is 113 cm³/mol. The van der Waals surface area contributed by atoms with Crippen molar-refractivity contribution in [1.82, 2.24) is 9.29 Å². The van der Waals surface area contributed by atoms with Gasteiger partial charge in [-0.05, 0) is 24.3 Å². The van der Waals surface area contributed by atoms with Crippen molar-refractivity contribution in [3.8, 4) is 12.0 Å². The Morgan fingerprint density at radius 2 is 1.51 bits per heavy atom. The monoisotopic (exact) mass is 522 g/mol. The number of hydrogen-bond donors (Lipinski definition) is 2. The third kappa shape index (κ3) is 5.16. The maximum Gasteiger partial charge on any atom is 0.430 e. The summed E-state index contributed by atoms with van der Waals surface area (Å²) in [4.78, 5) is 5.63. The molecule has 3 rings (SSSR count). The molecular formula is C21H20F6N4O3S. The van der Waals surface area contributed by atoms with E-state index in [2.05, 4.69) is 16.9 Å². The zero-order valence-electron chi connectivity index (χ0n) is 17.9. The van der Waals surface area contributed by atoms with Crippen molar-refractivity contribution < 1.29 is 39.9 Å². The molecule has 2 aromatic rings. The van der Waals surface area contributed by atoms with Gasteiger partial charge in [0, 0.05) is 49.7 Å². The summed E-state index contributed by atoms with van der Waals surface area (Å²) in [6.45, 7) is 0.330. The third-order valence-electron chi connectivity index (χ3n) is 5.52. The van der Waals surface area contributed by atoms with E-state index in [-0.39, 0.29) is 43.2 Å². The first kappa shape index (κ1) is 26.6. The Balaban J connectivity index is 1.71. The SMILES string of the molecule is NC#CCc1ccc(S(=O)(=O)N2CCN(c3ccc(C(O)(C(F)(F)F)C(F)(F)F)cc3)CC2)cn1. The number of anilines is 1. The first-order valence-corrected chi connectivity index (χ1v) is 11.5. The van der Waals surface area contributed by atoms with Crippen LogP contribution in [0.4, 0.5) is 32.0 Å². The van der Waals surface area contributed by atoms with Gasteiger partial charge in [0.1, 0.15) is 4.90 Å². The molecule has 0 spiro atoms. The Morgan fingerprint density at radius 1 is 0.943 bits per heavy atom. The van der Waals surface area contributed by atoms with Gasteiger partial charge in [-0.1, -0.05) is 18.1 Å². The topological polar surface area (TPSA) is 99.8 Å². The number of aromatic nitrogens is 1. The Bertz CT molecular complexity index is 1180. The molecule has 0 atom stereocenters. The van der Waals surface area contributed by atoms with Crippen molar-refractivity contribution in [3.63, 3.8) is 0 Å². The molecule has 0 bridgehead atoms. The number of benzene rings is 1. The van der Waals surface area contributed by atoms with Gasteiger partial charge in [-0.15, -0.1) is 0 Å². The molecule has 2 heterocycles. The van der Waals surface area contributed by atoms with Crippen LogP contribution in [-0.4, -0.2) is 61.3 Å². The number of nitrogens with two attached hydrogens (primary N) is 1. The van der Waals surface area contributed by atoms with Crippen molar-refractivity contribution in [2.75, 3.05) is 31.1 Å². The van der Waals surface area contributed by atoms with Crippen LogP contribution in [0.3, 0.4) is 0 Å². The molecule has 1 fully saturated rings. The van der Waals surface area contributed by atoms with Crippen molar-refractivity contribution in [2.24, 2.45) is 5.73 Å². The number of sulfonamides is 1. The van der Waals surface area contributed by atoms with Crippen LogP contribution < -0.4 is 10.6 Å². The van der Waals surface area contributed by atoms with E-state index in [4.69, 9.17) is 5.73 Å². The number of piperazine rings is 1. The second-order valence-corrected chi connectivity index (χ2v) is 9.57. The van der Waals surface area contributed by atoms with E-state index in [1.165, 1.54) is 22.6 Å². The largest absolute Gasteiger partial charge is 0.430 e. The minimum atomic E-state index is -5.97. The van der Waals surface area contributed by atoms with Gasteiger partial charge in [0.25, 0.3) is 5.60 Å². The van der Waals surface area contributed by atoms with E-state index in [9.17, 15) is 39.9 Å². The van der Waals surface area contributed by atoms with Gasteiger partial charge in [0.15, 0.2) is 0 Å². The molecule has 190 valence electrons. The summed E-state index contributed by atoms with van der Waals surface area (Å²) in [6.07, 6.45) is -10.5. The highest BCUT2D eigenvalue weighted by atomic mass is 32.2. The lowest BCUT2D eigenvalue weighted by molar-refractivity contribution is -0.376. The molecule has 1 saturated heterocycles. The molecule has 7 nitrogen and oxygen atoms in total. The molecule has 1 aliphatic heterocycles. The summed E-state index contributed by atoms with van der Waals surface area (Å²) in [6, 6.07) is 8.28. The van der Waals surface area contributed by atoms with Crippen molar-refractivity contribution >= 4 is 15.7 Å². The van der Waals surface area contributed by atoms with E-state index < -0.39 is 33.5 Å². The fraction of sp³-hybridized carbons (Fsp3) is 0.381. The number of alkyl halides is 6. The molecule has 1 aromatic heterocycles. The molecule has 0 aliphatic carbocycles. The Kier molecular flexibility index (Phi) is 7.26.